The predicted octanol–water partition coefficient (Wildman–Crippen LogP) is 3.66. The Hall–Kier alpha value is -1.19. The Morgan fingerprint density at radius 1 is 1.32 bits per heavy atom. The molecule has 0 bridgehead atoms. The van der Waals surface area contributed by atoms with Gasteiger partial charge in [0.2, 0.25) is 0 Å². The second-order valence-corrected chi connectivity index (χ2v) is 6.20. The van der Waals surface area contributed by atoms with Gasteiger partial charge in [-0.25, -0.2) is 0 Å². The van der Waals surface area contributed by atoms with Crippen molar-refractivity contribution in [3.8, 4) is 0 Å². The van der Waals surface area contributed by atoms with Gasteiger partial charge in [0.1, 0.15) is 0 Å². The Kier molecular flexibility index (Phi) is 3.67. The Bertz CT molecular complexity index is 561. The van der Waals surface area contributed by atoms with E-state index in [2.05, 4.69) is 59.4 Å². The molecule has 2 atom stereocenters. The Balaban J connectivity index is 1.82. The Morgan fingerprint density at radius 2 is 2.16 bits per heavy atom. The van der Waals surface area contributed by atoms with Gasteiger partial charge in [-0.15, -0.1) is 11.8 Å². The molecule has 1 aromatic heterocycles. The molecule has 1 aliphatic rings. The zero-order valence-corrected chi connectivity index (χ0v) is 12.3. The third kappa shape index (κ3) is 2.45. The van der Waals surface area contributed by atoms with Gasteiger partial charge < -0.3 is 9.88 Å². The summed E-state index contributed by atoms with van der Waals surface area (Å²) < 4.78 is 2.40. The number of benzene rings is 1. The lowest BCUT2D eigenvalue weighted by molar-refractivity contribution is 0.536. The highest BCUT2D eigenvalue weighted by Gasteiger charge is 2.23. The first-order valence-corrected chi connectivity index (χ1v) is 7.82. The number of nitrogens with zero attached hydrogens (tertiary/aromatic N) is 1. The van der Waals surface area contributed by atoms with Crippen LogP contribution in [-0.2, 0) is 6.54 Å². The minimum absolute atomic E-state index is 0.402. The average molecular weight is 272 g/mol. The lowest BCUT2D eigenvalue weighted by Crippen LogP contribution is -2.18. The van der Waals surface area contributed by atoms with Gasteiger partial charge in [-0.1, -0.05) is 18.2 Å². The highest BCUT2D eigenvalue weighted by molar-refractivity contribution is 7.99. The molecule has 1 aromatic carbocycles. The zero-order valence-electron chi connectivity index (χ0n) is 11.5. The van der Waals surface area contributed by atoms with Crippen LogP contribution in [0.2, 0.25) is 0 Å². The van der Waals surface area contributed by atoms with E-state index in [0.29, 0.717) is 12.0 Å². The zero-order chi connectivity index (χ0) is 13.2. The summed E-state index contributed by atoms with van der Waals surface area (Å²) in [6, 6.07) is 13.6. The van der Waals surface area contributed by atoms with Crippen molar-refractivity contribution in [2.45, 2.75) is 30.3 Å². The summed E-state index contributed by atoms with van der Waals surface area (Å²) in [6.45, 7) is 3.29. The van der Waals surface area contributed by atoms with Gasteiger partial charge in [-0.2, -0.15) is 0 Å². The van der Waals surface area contributed by atoms with Crippen molar-refractivity contribution in [3.05, 3.63) is 53.9 Å². The van der Waals surface area contributed by atoms with Crippen molar-refractivity contribution in [2.24, 2.45) is 0 Å². The van der Waals surface area contributed by atoms with Gasteiger partial charge in [0, 0.05) is 41.0 Å². The predicted molar refractivity (Wildman–Crippen MR) is 81.8 cm³/mol. The molecule has 100 valence electrons. The molecule has 0 radical (unpaired) electrons. The van der Waals surface area contributed by atoms with Crippen LogP contribution in [0.4, 0.5) is 0 Å². The fourth-order valence-electron chi connectivity index (χ4n) is 2.75. The Morgan fingerprint density at radius 3 is 3.00 bits per heavy atom. The van der Waals surface area contributed by atoms with Crippen molar-refractivity contribution in [3.63, 3.8) is 0 Å². The van der Waals surface area contributed by atoms with Crippen LogP contribution in [0.15, 0.2) is 47.5 Å². The fourth-order valence-corrected chi connectivity index (χ4v) is 3.99. The topological polar surface area (TPSA) is 17.0 Å². The van der Waals surface area contributed by atoms with E-state index in [0.717, 1.165) is 6.54 Å². The second-order valence-electron chi connectivity index (χ2n) is 5.14. The molecule has 0 amide bonds. The number of rotatable bonds is 4. The SMILES string of the molecule is CNC(C)c1cccn1CC1CSc2ccccc21. The maximum absolute atomic E-state index is 3.33. The van der Waals surface area contributed by atoms with Crippen LogP contribution in [0, 0.1) is 0 Å². The van der Waals surface area contributed by atoms with Crippen molar-refractivity contribution < 1.29 is 0 Å². The number of hydrogen-bond acceptors (Lipinski definition) is 2. The molecular formula is C16H20N2S. The normalized spacial score (nSPS) is 19.4. The van der Waals surface area contributed by atoms with E-state index in [1.54, 1.807) is 0 Å². The van der Waals surface area contributed by atoms with Gasteiger partial charge in [-0.3, -0.25) is 0 Å². The average Bonchev–Trinajstić information content (AvgIpc) is 3.06. The molecule has 0 spiro atoms. The summed E-state index contributed by atoms with van der Waals surface area (Å²) in [5.41, 5.74) is 2.89. The lowest BCUT2D eigenvalue weighted by Gasteiger charge is -2.18. The Labute approximate surface area is 119 Å². The van der Waals surface area contributed by atoms with Crippen molar-refractivity contribution in [2.75, 3.05) is 12.8 Å². The quantitative estimate of drug-likeness (QED) is 0.915. The van der Waals surface area contributed by atoms with Crippen LogP contribution >= 0.6 is 11.8 Å². The fraction of sp³-hybridized carbons (Fsp3) is 0.375. The molecule has 0 aliphatic carbocycles. The van der Waals surface area contributed by atoms with Crippen LogP contribution in [-0.4, -0.2) is 17.4 Å². The largest absolute Gasteiger partial charge is 0.349 e. The highest BCUT2D eigenvalue weighted by Crippen LogP contribution is 2.40. The van der Waals surface area contributed by atoms with Crippen LogP contribution in [0.3, 0.4) is 0 Å². The molecule has 0 fully saturated rings. The molecule has 1 aliphatic heterocycles. The first-order valence-electron chi connectivity index (χ1n) is 6.83. The standard InChI is InChI=1S/C16H20N2S/c1-12(17-2)15-7-5-9-18(15)10-13-11-19-16-8-4-3-6-14(13)16/h3-9,12-13,17H,10-11H2,1-2H3. The van der Waals surface area contributed by atoms with Crippen LogP contribution in [0.1, 0.15) is 30.1 Å². The molecule has 2 unspecified atom stereocenters. The maximum atomic E-state index is 3.33. The summed E-state index contributed by atoms with van der Waals surface area (Å²) in [6.07, 6.45) is 2.20. The molecule has 3 heteroatoms. The van der Waals surface area contributed by atoms with E-state index in [1.807, 2.05) is 18.8 Å². The van der Waals surface area contributed by atoms with Gasteiger partial charge >= 0.3 is 0 Å². The van der Waals surface area contributed by atoms with Gasteiger partial charge in [0.05, 0.1) is 0 Å². The molecule has 1 N–H and O–H groups in total. The van der Waals surface area contributed by atoms with Crippen LogP contribution < -0.4 is 5.32 Å². The molecule has 3 rings (SSSR count). The summed E-state index contributed by atoms with van der Waals surface area (Å²) >= 11 is 1.99. The first kappa shape index (κ1) is 12.8. The molecule has 2 heterocycles. The van der Waals surface area contributed by atoms with E-state index in [9.17, 15) is 0 Å². The summed E-state index contributed by atoms with van der Waals surface area (Å²) in [5, 5.41) is 3.33. The maximum Gasteiger partial charge on any atom is 0.0443 e. The van der Waals surface area contributed by atoms with Gasteiger partial charge in [0.15, 0.2) is 0 Å². The second kappa shape index (κ2) is 5.43. The number of thioether (sulfide) groups is 1. The number of nitrogens with one attached hydrogen (secondary N) is 1. The summed E-state index contributed by atoms with van der Waals surface area (Å²) in [4.78, 5) is 1.46. The van der Waals surface area contributed by atoms with Crippen molar-refractivity contribution in [1.82, 2.24) is 9.88 Å². The van der Waals surface area contributed by atoms with Crippen LogP contribution in [0.25, 0.3) is 0 Å². The third-order valence-corrected chi connectivity index (χ3v) is 5.21. The minimum Gasteiger partial charge on any atom is -0.349 e. The molecule has 19 heavy (non-hydrogen) atoms. The number of hydrogen-bond donors (Lipinski definition) is 1. The van der Waals surface area contributed by atoms with Gasteiger partial charge in [0.25, 0.3) is 0 Å². The number of fused-ring (bicyclic) bond motifs is 1. The minimum atomic E-state index is 0.402. The van der Waals surface area contributed by atoms with Crippen molar-refractivity contribution in [1.29, 1.82) is 0 Å². The van der Waals surface area contributed by atoms with E-state index < -0.39 is 0 Å². The molecular weight excluding hydrogens is 252 g/mol. The first-order chi connectivity index (χ1) is 9.29. The monoisotopic (exact) mass is 272 g/mol. The van der Waals surface area contributed by atoms with Crippen LogP contribution in [0.5, 0.6) is 0 Å². The smallest absolute Gasteiger partial charge is 0.0443 e. The lowest BCUT2D eigenvalue weighted by atomic mass is 10.0. The third-order valence-electron chi connectivity index (χ3n) is 3.96. The van der Waals surface area contributed by atoms with E-state index in [1.165, 1.54) is 21.9 Å². The summed E-state index contributed by atoms with van der Waals surface area (Å²) in [7, 11) is 2.02. The van der Waals surface area contributed by atoms with Gasteiger partial charge in [-0.05, 0) is 37.7 Å². The molecule has 0 saturated carbocycles. The van der Waals surface area contributed by atoms with E-state index in [-0.39, 0.29) is 0 Å². The number of aromatic nitrogens is 1. The molecule has 2 aromatic rings. The summed E-state index contributed by atoms with van der Waals surface area (Å²) in [5.74, 6) is 1.83. The van der Waals surface area contributed by atoms with E-state index in [4.69, 9.17) is 0 Å². The highest BCUT2D eigenvalue weighted by atomic mass is 32.2. The van der Waals surface area contributed by atoms with Crippen molar-refractivity contribution >= 4 is 11.8 Å². The molecule has 2 nitrogen and oxygen atoms in total. The van der Waals surface area contributed by atoms with E-state index >= 15 is 0 Å². The molecule has 0 saturated heterocycles.